The molecule has 75 heavy (non-hydrogen) atoms. The van der Waals surface area contributed by atoms with Crippen LogP contribution in [0.5, 0.6) is 0 Å². The second kappa shape index (κ2) is 15.9. The van der Waals surface area contributed by atoms with Crippen molar-refractivity contribution in [2.75, 3.05) is 9.80 Å². The van der Waals surface area contributed by atoms with E-state index in [0.717, 1.165) is 6.42 Å². The van der Waals surface area contributed by atoms with Crippen LogP contribution in [-0.2, 0) is 37.9 Å². The van der Waals surface area contributed by atoms with Crippen molar-refractivity contribution in [3.8, 4) is 22.3 Å². The van der Waals surface area contributed by atoms with Gasteiger partial charge in [-0.3, -0.25) is 0 Å². The Morgan fingerprint density at radius 1 is 0.440 bits per heavy atom. The summed E-state index contributed by atoms with van der Waals surface area (Å²) in [6.07, 6.45) is 6.10. The van der Waals surface area contributed by atoms with Gasteiger partial charge < -0.3 is 9.80 Å². The number of hydrogen-bond acceptors (Lipinski definition) is 3. The molecular weight excluding hydrogens is 924 g/mol. The van der Waals surface area contributed by atoms with E-state index < -0.39 is 0 Å². The Balaban J connectivity index is 1.21. The van der Waals surface area contributed by atoms with E-state index in [1.807, 2.05) is 0 Å². The van der Waals surface area contributed by atoms with Crippen LogP contribution >= 0.6 is 11.3 Å². The first kappa shape index (κ1) is 48.8. The van der Waals surface area contributed by atoms with Gasteiger partial charge in [-0.15, -0.1) is 11.3 Å². The molecule has 2 aliphatic heterocycles. The molecule has 3 aliphatic carbocycles. The lowest BCUT2D eigenvalue weighted by Gasteiger charge is -2.46. The van der Waals surface area contributed by atoms with Crippen molar-refractivity contribution in [1.82, 2.24) is 0 Å². The van der Waals surface area contributed by atoms with Gasteiger partial charge in [0.25, 0.3) is 6.71 Å². The zero-order valence-electron chi connectivity index (χ0n) is 47.6. The quantitative estimate of drug-likeness (QED) is 0.162. The molecule has 380 valence electrons. The van der Waals surface area contributed by atoms with E-state index in [2.05, 4.69) is 258 Å². The Kier molecular flexibility index (Phi) is 10.3. The number of nitrogens with zero attached hydrogens (tertiary/aromatic N) is 2. The molecule has 0 spiro atoms. The fourth-order valence-corrected chi connectivity index (χ4v) is 16.0. The smallest absolute Gasteiger partial charge is 0.264 e. The molecule has 4 heteroatoms. The van der Waals surface area contributed by atoms with Crippen LogP contribution in [0.25, 0.3) is 32.3 Å². The summed E-state index contributed by atoms with van der Waals surface area (Å²) in [6, 6.07) is 53.4. The molecule has 0 saturated heterocycles. The van der Waals surface area contributed by atoms with Gasteiger partial charge in [-0.2, -0.15) is 0 Å². The molecule has 3 heterocycles. The van der Waals surface area contributed by atoms with Gasteiger partial charge in [0.2, 0.25) is 0 Å². The molecule has 0 N–H and O–H groups in total. The Labute approximate surface area is 453 Å². The standard InChI is InChI=1S/C71H77BN2S/c1-65(2,3)45-26-28-56(48(34-45)43-22-18-16-19-23-43)73-57-29-27-46(66(4,5)6)35-55(57)72-62-59(73)36-47(67(7,8)9)37-60(62)74(63-50-39-53-54(41-61(50)75-64(63)72)71(15)33-32-70(53,14)42-71)58-40-52-51(68(10,11)30-31-69(52,12)13)38-49(58)44-24-20-17-21-25-44/h16-29,34-41H,30-33,42H2,1-15H3. The van der Waals surface area contributed by atoms with Gasteiger partial charge in [0.05, 0.1) is 17.1 Å². The van der Waals surface area contributed by atoms with Crippen LogP contribution in [0.2, 0.25) is 0 Å². The van der Waals surface area contributed by atoms with E-state index >= 15 is 0 Å². The first-order valence-corrected chi connectivity index (χ1v) is 29.1. The molecule has 2 unspecified atom stereocenters. The summed E-state index contributed by atoms with van der Waals surface area (Å²) in [5, 5.41) is 1.41. The minimum Gasteiger partial charge on any atom is -0.311 e. The molecular formula is C71H77BN2S. The van der Waals surface area contributed by atoms with Crippen LogP contribution in [0.4, 0.5) is 34.1 Å². The highest BCUT2D eigenvalue weighted by atomic mass is 32.1. The normalized spacial score (nSPS) is 21.0. The van der Waals surface area contributed by atoms with Gasteiger partial charge in [-0.25, -0.2) is 0 Å². The summed E-state index contributed by atoms with van der Waals surface area (Å²) in [4.78, 5) is 5.53. The van der Waals surface area contributed by atoms with Crippen molar-refractivity contribution in [2.24, 2.45) is 0 Å². The summed E-state index contributed by atoms with van der Waals surface area (Å²) in [5.41, 5.74) is 26.1. The van der Waals surface area contributed by atoms with Gasteiger partial charge in [0.15, 0.2) is 0 Å². The summed E-state index contributed by atoms with van der Waals surface area (Å²) in [5.74, 6) is 0. The predicted molar refractivity (Wildman–Crippen MR) is 327 cm³/mol. The molecule has 1 fully saturated rings. The first-order valence-electron chi connectivity index (χ1n) is 28.2. The third-order valence-corrected chi connectivity index (χ3v) is 20.5. The molecule has 13 rings (SSSR count). The van der Waals surface area contributed by atoms with E-state index in [9.17, 15) is 0 Å². The first-order chi connectivity index (χ1) is 35.3. The van der Waals surface area contributed by atoms with Crippen molar-refractivity contribution in [3.63, 3.8) is 0 Å². The number of hydrogen-bond donors (Lipinski definition) is 0. The van der Waals surface area contributed by atoms with E-state index in [-0.39, 0.29) is 44.6 Å². The fourth-order valence-electron chi connectivity index (χ4n) is 14.7. The lowest BCUT2D eigenvalue weighted by Crippen LogP contribution is -2.60. The second-order valence-electron chi connectivity index (χ2n) is 28.7. The molecule has 7 aromatic carbocycles. The van der Waals surface area contributed by atoms with Gasteiger partial charge in [-0.1, -0.05) is 183 Å². The maximum absolute atomic E-state index is 2.83. The van der Waals surface area contributed by atoms with Crippen LogP contribution in [0, 0.1) is 0 Å². The van der Waals surface area contributed by atoms with E-state index in [1.54, 1.807) is 11.1 Å². The molecule has 2 bridgehead atoms. The fraction of sp³-hybridized carbons (Fsp3) is 0.380. The maximum Gasteiger partial charge on any atom is 0.264 e. The largest absolute Gasteiger partial charge is 0.311 e. The van der Waals surface area contributed by atoms with E-state index in [1.165, 1.54) is 136 Å². The van der Waals surface area contributed by atoms with Crippen LogP contribution in [0.1, 0.15) is 175 Å². The summed E-state index contributed by atoms with van der Waals surface area (Å²) < 4.78 is 2.88. The molecule has 2 nitrogen and oxygen atoms in total. The molecule has 1 saturated carbocycles. The van der Waals surface area contributed by atoms with Gasteiger partial charge in [0.1, 0.15) is 0 Å². The van der Waals surface area contributed by atoms with Crippen LogP contribution in [0.15, 0.2) is 133 Å². The zero-order valence-corrected chi connectivity index (χ0v) is 48.4. The average Bonchev–Trinajstić information content (AvgIpc) is 4.12. The minimum absolute atomic E-state index is 0.00954. The van der Waals surface area contributed by atoms with Gasteiger partial charge in [0, 0.05) is 43.1 Å². The number of fused-ring (bicyclic) bond motifs is 12. The number of benzene rings is 7. The van der Waals surface area contributed by atoms with E-state index in [4.69, 9.17) is 0 Å². The Hall–Kier alpha value is -5.84. The zero-order chi connectivity index (χ0) is 52.7. The summed E-state index contributed by atoms with van der Waals surface area (Å²) in [6.45, 7) is 36.6. The highest BCUT2D eigenvalue weighted by molar-refractivity contribution is 7.33. The van der Waals surface area contributed by atoms with Crippen molar-refractivity contribution < 1.29 is 0 Å². The molecule has 2 atom stereocenters. The Morgan fingerprint density at radius 3 is 1.52 bits per heavy atom. The lowest BCUT2D eigenvalue weighted by molar-refractivity contribution is 0.332. The number of rotatable bonds is 4. The topological polar surface area (TPSA) is 6.48 Å². The molecule has 0 radical (unpaired) electrons. The van der Waals surface area contributed by atoms with Crippen molar-refractivity contribution in [3.05, 3.63) is 172 Å². The van der Waals surface area contributed by atoms with Gasteiger partial charge >= 0.3 is 0 Å². The highest BCUT2D eigenvalue weighted by Crippen LogP contribution is 2.63. The van der Waals surface area contributed by atoms with Crippen molar-refractivity contribution >= 4 is 78.0 Å². The lowest BCUT2D eigenvalue weighted by atomic mass is 9.36. The third-order valence-electron chi connectivity index (χ3n) is 19.3. The molecule has 8 aromatic rings. The number of anilines is 6. The second-order valence-corrected chi connectivity index (χ2v) is 29.8. The molecule has 5 aliphatic rings. The SMILES string of the molecule is CC(C)(C)c1ccc2c(c1)B1c3sc4cc5c(cc4c3N(c3cc4c(cc3-c3ccccc3)C(C)(C)CCC4(C)C)c3cc(C(C)(C)C)cc(c31)N2c1ccc(C(C)(C)C)cc1-c1ccccc1)C1(C)CCC5(C)C1. The van der Waals surface area contributed by atoms with E-state index in [0.29, 0.717) is 0 Å². The van der Waals surface area contributed by atoms with Crippen LogP contribution in [0.3, 0.4) is 0 Å². The highest BCUT2D eigenvalue weighted by Gasteiger charge is 2.54. The van der Waals surface area contributed by atoms with Crippen molar-refractivity contribution in [2.45, 2.75) is 174 Å². The Bertz CT molecular complexity index is 3680. The van der Waals surface area contributed by atoms with Crippen LogP contribution < -0.4 is 25.5 Å². The Morgan fingerprint density at radius 2 is 0.947 bits per heavy atom. The predicted octanol–water partition coefficient (Wildman–Crippen LogP) is 18.3. The van der Waals surface area contributed by atoms with Crippen molar-refractivity contribution in [1.29, 1.82) is 0 Å². The summed E-state index contributed by atoms with van der Waals surface area (Å²) in [7, 11) is 0. The van der Waals surface area contributed by atoms with Gasteiger partial charge in [-0.05, 0) is 186 Å². The number of thiophene rings is 1. The molecule has 0 amide bonds. The third kappa shape index (κ3) is 7.30. The average molecular weight is 1000 g/mol. The van der Waals surface area contributed by atoms with Crippen LogP contribution in [-0.4, -0.2) is 6.71 Å². The monoisotopic (exact) mass is 1000 g/mol. The summed E-state index contributed by atoms with van der Waals surface area (Å²) >= 11 is 2.09. The maximum atomic E-state index is 2.83. The minimum atomic E-state index is -0.154. The molecule has 1 aromatic heterocycles.